The van der Waals surface area contributed by atoms with Gasteiger partial charge in [-0.05, 0) is 31.4 Å². The standard InChI is InChI=1S/C19H24N2O3/c1-5-24-19(23)16(10-13(2)3)20-18(22)15-11-14-8-6-7-9-17(14)21(4)12-15/h6-9,11-13,16H,5,10H2,1-4H3/p+1. The highest BCUT2D eigenvalue weighted by molar-refractivity contribution is 5.98. The van der Waals surface area contributed by atoms with Gasteiger partial charge in [0.25, 0.3) is 5.91 Å². The summed E-state index contributed by atoms with van der Waals surface area (Å²) in [6.07, 6.45) is 2.32. The zero-order valence-electron chi connectivity index (χ0n) is 14.7. The number of pyridine rings is 1. The number of nitrogens with zero attached hydrogens (tertiary/aromatic N) is 1. The lowest BCUT2D eigenvalue weighted by Gasteiger charge is -2.18. The highest BCUT2D eigenvalue weighted by atomic mass is 16.5. The molecule has 2 rings (SSSR count). The van der Waals surface area contributed by atoms with Crippen LogP contribution in [0.1, 0.15) is 37.6 Å². The maximum atomic E-state index is 12.6. The van der Waals surface area contributed by atoms with Crippen LogP contribution in [0.4, 0.5) is 0 Å². The van der Waals surface area contributed by atoms with Crippen molar-refractivity contribution < 1.29 is 18.9 Å². The Hall–Kier alpha value is -2.43. The van der Waals surface area contributed by atoms with E-state index in [0.29, 0.717) is 18.6 Å². The van der Waals surface area contributed by atoms with Gasteiger partial charge in [-0.15, -0.1) is 0 Å². The number of hydrogen-bond donors (Lipinski definition) is 1. The monoisotopic (exact) mass is 329 g/mol. The number of nitrogens with one attached hydrogen (secondary N) is 1. The molecule has 1 aromatic heterocycles. The minimum Gasteiger partial charge on any atom is -0.464 e. The minimum atomic E-state index is -0.630. The van der Waals surface area contributed by atoms with Crippen molar-refractivity contribution in [3.05, 3.63) is 42.1 Å². The van der Waals surface area contributed by atoms with Crippen LogP contribution in [-0.4, -0.2) is 24.5 Å². The molecule has 1 amide bonds. The van der Waals surface area contributed by atoms with Crippen LogP contribution in [0.15, 0.2) is 36.5 Å². The third-order valence-corrected chi connectivity index (χ3v) is 3.81. The van der Waals surface area contributed by atoms with E-state index in [4.69, 9.17) is 4.74 Å². The van der Waals surface area contributed by atoms with E-state index in [1.165, 1.54) is 0 Å². The fourth-order valence-corrected chi connectivity index (χ4v) is 2.71. The van der Waals surface area contributed by atoms with Crippen molar-refractivity contribution in [2.75, 3.05) is 6.61 Å². The number of carbonyl (C=O) groups excluding carboxylic acids is 2. The second-order valence-corrected chi connectivity index (χ2v) is 6.31. The average molecular weight is 329 g/mol. The van der Waals surface area contributed by atoms with E-state index in [-0.39, 0.29) is 17.8 Å². The van der Waals surface area contributed by atoms with E-state index in [0.717, 1.165) is 10.9 Å². The quantitative estimate of drug-likeness (QED) is 0.654. The molecule has 5 heteroatoms. The molecule has 1 aromatic carbocycles. The number of benzene rings is 1. The summed E-state index contributed by atoms with van der Waals surface area (Å²) >= 11 is 0. The lowest BCUT2D eigenvalue weighted by molar-refractivity contribution is -0.645. The normalized spacial score (nSPS) is 12.2. The molecule has 1 unspecified atom stereocenters. The van der Waals surface area contributed by atoms with Crippen molar-refractivity contribution in [2.24, 2.45) is 13.0 Å². The fraction of sp³-hybridized carbons (Fsp3) is 0.421. The van der Waals surface area contributed by atoms with Crippen LogP contribution in [0.25, 0.3) is 10.9 Å². The second kappa shape index (κ2) is 7.90. The third-order valence-electron chi connectivity index (χ3n) is 3.81. The van der Waals surface area contributed by atoms with Crippen LogP contribution in [0.5, 0.6) is 0 Å². The van der Waals surface area contributed by atoms with Gasteiger partial charge in [-0.1, -0.05) is 26.0 Å². The number of esters is 1. The SMILES string of the molecule is CCOC(=O)C(CC(C)C)NC(=O)c1cc2ccccc2[n+](C)c1. The van der Waals surface area contributed by atoms with Crippen LogP contribution in [-0.2, 0) is 16.6 Å². The minimum absolute atomic E-state index is 0.268. The number of carbonyl (C=O) groups is 2. The van der Waals surface area contributed by atoms with E-state index in [2.05, 4.69) is 5.32 Å². The smallest absolute Gasteiger partial charge is 0.328 e. The first-order chi connectivity index (χ1) is 11.4. The molecule has 1 atom stereocenters. The van der Waals surface area contributed by atoms with Gasteiger partial charge in [0.05, 0.1) is 6.61 Å². The Kier molecular flexibility index (Phi) is 5.90. The number of para-hydroxylation sites is 1. The van der Waals surface area contributed by atoms with Gasteiger partial charge < -0.3 is 10.1 Å². The van der Waals surface area contributed by atoms with Crippen molar-refractivity contribution in [1.82, 2.24) is 5.32 Å². The number of hydrogen-bond acceptors (Lipinski definition) is 3. The van der Waals surface area contributed by atoms with Gasteiger partial charge >= 0.3 is 5.97 Å². The van der Waals surface area contributed by atoms with Crippen molar-refractivity contribution in [2.45, 2.75) is 33.2 Å². The molecule has 0 aliphatic carbocycles. The molecule has 1 heterocycles. The molecular formula is C19H25N2O3+. The largest absolute Gasteiger partial charge is 0.464 e. The Balaban J connectivity index is 2.24. The Morgan fingerprint density at radius 3 is 2.62 bits per heavy atom. The summed E-state index contributed by atoms with van der Waals surface area (Å²) in [7, 11) is 1.90. The molecule has 2 aromatic rings. The maximum absolute atomic E-state index is 12.6. The summed E-state index contributed by atoms with van der Waals surface area (Å²) < 4.78 is 6.99. The molecular weight excluding hydrogens is 304 g/mol. The summed E-state index contributed by atoms with van der Waals surface area (Å²) in [6.45, 7) is 6.08. The molecule has 0 saturated heterocycles. The van der Waals surface area contributed by atoms with E-state index >= 15 is 0 Å². The topological polar surface area (TPSA) is 59.3 Å². The number of aromatic nitrogens is 1. The summed E-state index contributed by atoms with van der Waals surface area (Å²) in [5, 5.41) is 3.79. The van der Waals surface area contributed by atoms with E-state index in [9.17, 15) is 9.59 Å². The third kappa shape index (κ3) is 4.31. The molecule has 0 fully saturated rings. The highest BCUT2D eigenvalue weighted by Crippen LogP contribution is 2.12. The first kappa shape index (κ1) is 17.9. The fourth-order valence-electron chi connectivity index (χ4n) is 2.71. The number of aryl methyl sites for hydroxylation is 1. The summed E-state index contributed by atoms with van der Waals surface area (Å²) in [5.74, 6) is -0.382. The van der Waals surface area contributed by atoms with Crippen molar-refractivity contribution in [3.63, 3.8) is 0 Å². The zero-order valence-corrected chi connectivity index (χ0v) is 14.7. The number of fused-ring (bicyclic) bond motifs is 1. The second-order valence-electron chi connectivity index (χ2n) is 6.31. The number of ether oxygens (including phenoxy) is 1. The molecule has 0 aliphatic rings. The van der Waals surface area contributed by atoms with Gasteiger partial charge in [-0.25, -0.2) is 9.36 Å². The van der Waals surface area contributed by atoms with Crippen LogP contribution in [0, 0.1) is 5.92 Å². The Morgan fingerprint density at radius 1 is 1.25 bits per heavy atom. The van der Waals surface area contributed by atoms with Crippen LogP contribution < -0.4 is 9.88 Å². The first-order valence-electron chi connectivity index (χ1n) is 8.28. The van der Waals surface area contributed by atoms with Crippen molar-refractivity contribution in [3.8, 4) is 0 Å². The van der Waals surface area contributed by atoms with Gasteiger partial charge in [0.15, 0.2) is 6.20 Å². The lowest BCUT2D eigenvalue weighted by atomic mass is 10.0. The van der Waals surface area contributed by atoms with E-state index < -0.39 is 6.04 Å². The van der Waals surface area contributed by atoms with Gasteiger partial charge in [-0.2, -0.15) is 0 Å². The van der Waals surface area contributed by atoms with Crippen molar-refractivity contribution in [1.29, 1.82) is 0 Å². The summed E-state index contributed by atoms with van der Waals surface area (Å²) in [6, 6.07) is 9.06. The Morgan fingerprint density at radius 2 is 1.96 bits per heavy atom. The molecule has 24 heavy (non-hydrogen) atoms. The number of amides is 1. The molecule has 0 bridgehead atoms. The summed E-state index contributed by atoms with van der Waals surface area (Å²) in [5.41, 5.74) is 1.56. The molecule has 5 nitrogen and oxygen atoms in total. The Bertz CT molecular complexity index is 740. The van der Waals surface area contributed by atoms with Crippen LogP contribution in [0.3, 0.4) is 0 Å². The molecule has 0 radical (unpaired) electrons. The van der Waals surface area contributed by atoms with Crippen LogP contribution >= 0.6 is 0 Å². The Labute approximate surface area is 142 Å². The van der Waals surface area contributed by atoms with Gasteiger partial charge in [0, 0.05) is 11.5 Å². The predicted octanol–water partition coefficient (Wildman–Crippen LogP) is 2.37. The first-order valence-corrected chi connectivity index (χ1v) is 8.28. The van der Waals surface area contributed by atoms with Gasteiger partial charge in [0.2, 0.25) is 5.52 Å². The maximum Gasteiger partial charge on any atom is 0.328 e. The van der Waals surface area contributed by atoms with Crippen molar-refractivity contribution >= 4 is 22.8 Å². The molecule has 0 spiro atoms. The molecule has 0 aliphatic heterocycles. The van der Waals surface area contributed by atoms with Gasteiger partial charge in [-0.3, -0.25) is 4.79 Å². The molecule has 128 valence electrons. The molecule has 1 N–H and O–H groups in total. The van der Waals surface area contributed by atoms with E-state index in [1.807, 2.05) is 55.8 Å². The predicted molar refractivity (Wildman–Crippen MR) is 92.5 cm³/mol. The van der Waals surface area contributed by atoms with Gasteiger partial charge in [0.1, 0.15) is 18.7 Å². The highest BCUT2D eigenvalue weighted by Gasteiger charge is 2.25. The van der Waals surface area contributed by atoms with E-state index in [1.54, 1.807) is 13.1 Å². The van der Waals surface area contributed by atoms with Crippen LogP contribution in [0.2, 0.25) is 0 Å². The number of rotatable bonds is 6. The lowest BCUT2D eigenvalue weighted by Crippen LogP contribution is -2.43. The molecule has 0 saturated carbocycles. The summed E-state index contributed by atoms with van der Waals surface area (Å²) in [4.78, 5) is 24.7. The average Bonchev–Trinajstić information content (AvgIpc) is 2.54. The zero-order chi connectivity index (χ0) is 17.7.